The van der Waals surface area contributed by atoms with E-state index >= 15 is 0 Å². The van der Waals surface area contributed by atoms with Crippen LogP contribution in [-0.4, -0.2) is 55.4 Å². The van der Waals surface area contributed by atoms with Crippen LogP contribution < -0.4 is 15.4 Å². The molecule has 1 aromatic rings. The first-order chi connectivity index (χ1) is 11.1. The van der Waals surface area contributed by atoms with Gasteiger partial charge in [-0.2, -0.15) is 0 Å². The fourth-order valence-corrected chi connectivity index (χ4v) is 2.95. The second-order valence-corrected chi connectivity index (χ2v) is 5.93. The van der Waals surface area contributed by atoms with Crippen molar-refractivity contribution in [2.45, 2.75) is 32.2 Å². The Labute approximate surface area is 137 Å². The van der Waals surface area contributed by atoms with Crippen molar-refractivity contribution in [3.8, 4) is 5.75 Å². The maximum absolute atomic E-state index is 12.0. The van der Waals surface area contributed by atoms with E-state index in [-0.39, 0.29) is 18.7 Å². The van der Waals surface area contributed by atoms with Gasteiger partial charge >= 0.3 is 6.03 Å². The molecule has 6 nitrogen and oxygen atoms in total. The highest BCUT2D eigenvalue weighted by molar-refractivity contribution is 5.89. The number of urea groups is 1. The van der Waals surface area contributed by atoms with Crippen molar-refractivity contribution in [2.24, 2.45) is 0 Å². The van der Waals surface area contributed by atoms with Gasteiger partial charge in [0.05, 0.1) is 13.7 Å². The summed E-state index contributed by atoms with van der Waals surface area (Å²) in [4.78, 5) is 14.2. The normalized spacial score (nSPS) is 18.5. The van der Waals surface area contributed by atoms with E-state index in [1.807, 2.05) is 19.1 Å². The van der Waals surface area contributed by atoms with Crippen molar-refractivity contribution in [3.63, 3.8) is 0 Å². The molecule has 0 radical (unpaired) electrons. The standard InChI is InChI=1S/C17H27N3O3/c1-13-6-7-14(11-16(13)23-2)19-17(22)18-8-10-20-9-4-3-5-15(20)12-21/h6-7,11,15,21H,3-5,8-10,12H2,1-2H3,(H2,18,19,22). The third-order valence-corrected chi connectivity index (χ3v) is 4.31. The third kappa shape index (κ3) is 5.11. The van der Waals surface area contributed by atoms with Crippen molar-refractivity contribution in [2.75, 3.05) is 38.7 Å². The molecule has 1 aromatic carbocycles. The van der Waals surface area contributed by atoms with Crippen molar-refractivity contribution in [1.82, 2.24) is 10.2 Å². The fraction of sp³-hybridized carbons (Fsp3) is 0.588. The fourth-order valence-electron chi connectivity index (χ4n) is 2.95. The minimum atomic E-state index is -0.228. The molecular formula is C17H27N3O3. The zero-order chi connectivity index (χ0) is 16.7. The Balaban J connectivity index is 1.76. The van der Waals surface area contributed by atoms with Crippen LogP contribution in [0.5, 0.6) is 5.75 Å². The Morgan fingerprint density at radius 1 is 1.43 bits per heavy atom. The summed E-state index contributed by atoms with van der Waals surface area (Å²) < 4.78 is 5.25. The van der Waals surface area contributed by atoms with Gasteiger partial charge < -0.3 is 20.5 Å². The summed E-state index contributed by atoms with van der Waals surface area (Å²) in [6, 6.07) is 5.57. The molecule has 1 saturated heterocycles. The number of carbonyl (C=O) groups is 1. The highest BCUT2D eigenvalue weighted by atomic mass is 16.5. The zero-order valence-electron chi connectivity index (χ0n) is 14.0. The number of carbonyl (C=O) groups excluding carboxylic acids is 1. The minimum absolute atomic E-state index is 0.190. The molecule has 6 heteroatoms. The number of benzene rings is 1. The predicted molar refractivity (Wildman–Crippen MR) is 91.1 cm³/mol. The summed E-state index contributed by atoms with van der Waals surface area (Å²) in [5.74, 6) is 0.752. The molecule has 0 saturated carbocycles. The Morgan fingerprint density at radius 3 is 3.00 bits per heavy atom. The topological polar surface area (TPSA) is 73.8 Å². The maximum Gasteiger partial charge on any atom is 0.319 e. The largest absolute Gasteiger partial charge is 0.496 e. The molecule has 0 aliphatic carbocycles. The van der Waals surface area contributed by atoms with E-state index in [0.29, 0.717) is 12.2 Å². The lowest BCUT2D eigenvalue weighted by Crippen LogP contribution is -2.46. The molecule has 128 valence electrons. The molecular weight excluding hydrogens is 294 g/mol. The van der Waals surface area contributed by atoms with Crippen LogP contribution in [0.25, 0.3) is 0 Å². The van der Waals surface area contributed by atoms with Gasteiger partial charge in [-0.15, -0.1) is 0 Å². The van der Waals surface area contributed by atoms with Gasteiger partial charge in [0.25, 0.3) is 0 Å². The molecule has 2 rings (SSSR count). The second kappa shape index (κ2) is 8.74. The van der Waals surface area contributed by atoms with Crippen LogP contribution in [0.4, 0.5) is 10.5 Å². The Morgan fingerprint density at radius 2 is 2.26 bits per heavy atom. The average molecular weight is 321 g/mol. The van der Waals surface area contributed by atoms with Gasteiger partial charge in [-0.1, -0.05) is 12.5 Å². The van der Waals surface area contributed by atoms with Crippen LogP contribution in [0.2, 0.25) is 0 Å². The number of aliphatic hydroxyl groups is 1. The van der Waals surface area contributed by atoms with Gasteiger partial charge in [-0.05, 0) is 37.9 Å². The van der Waals surface area contributed by atoms with Crippen LogP contribution >= 0.6 is 0 Å². The van der Waals surface area contributed by atoms with Crippen LogP contribution in [0.1, 0.15) is 24.8 Å². The highest BCUT2D eigenvalue weighted by Gasteiger charge is 2.20. The Kier molecular flexibility index (Phi) is 6.67. The van der Waals surface area contributed by atoms with Crippen molar-refractivity contribution in [1.29, 1.82) is 0 Å². The third-order valence-electron chi connectivity index (χ3n) is 4.31. The van der Waals surface area contributed by atoms with E-state index in [2.05, 4.69) is 15.5 Å². The predicted octanol–water partition coefficient (Wildman–Crippen LogP) is 1.97. The molecule has 1 unspecified atom stereocenters. The summed E-state index contributed by atoms with van der Waals surface area (Å²) in [6.45, 7) is 4.46. The quantitative estimate of drug-likeness (QED) is 0.749. The summed E-state index contributed by atoms with van der Waals surface area (Å²) >= 11 is 0. The number of nitrogens with one attached hydrogen (secondary N) is 2. The van der Waals surface area contributed by atoms with Gasteiger partial charge in [-0.3, -0.25) is 4.90 Å². The lowest BCUT2D eigenvalue weighted by Gasteiger charge is -2.34. The average Bonchev–Trinajstić information content (AvgIpc) is 2.57. The number of anilines is 1. The lowest BCUT2D eigenvalue weighted by atomic mass is 10.0. The highest BCUT2D eigenvalue weighted by Crippen LogP contribution is 2.22. The first-order valence-electron chi connectivity index (χ1n) is 8.18. The number of hydrogen-bond acceptors (Lipinski definition) is 4. The smallest absolute Gasteiger partial charge is 0.319 e. The van der Waals surface area contributed by atoms with E-state index in [0.717, 1.165) is 37.2 Å². The van der Waals surface area contributed by atoms with Gasteiger partial charge in [0, 0.05) is 30.9 Å². The van der Waals surface area contributed by atoms with E-state index in [1.165, 1.54) is 6.42 Å². The number of ether oxygens (including phenoxy) is 1. The minimum Gasteiger partial charge on any atom is -0.496 e. The Hall–Kier alpha value is -1.79. The van der Waals surface area contributed by atoms with Gasteiger partial charge in [0.2, 0.25) is 0 Å². The summed E-state index contributed by atoms with van der Waals surface area (Å²) in [7, 11) is 1.61. The summed E-state index contributed by atoms with van der Waals surface area (Å²) in [5, 5.41) is 15.1. The SMILES string of the molecule is COc1cc(NC(=O)NCCN2CCCCC2CO)ccc1C. The molecule has 1 heterocycles. The second-order valence-electron chi connectivity index (χ2n) is 5.93. The number of piperidine rings is 1. The van der Waals surface area contributed by atoms with Crippen molar-refractivity contribution >= 4 is 11.7 Å². The molecule has 23 heavy (non-hydrogen) atoms. The number of likely N-dealkylation sites (tertiary alicyclic amines) is 1. The van der Waals surface area contributed by atoms with Crippen molar-refractivity contribution in [3.05, 3.63) is 23.8 Å². The number of aryl methyl sites for hydroxylation is 1. The molecule has 1 aliphatic heterocycles. The van der Waals surface area contributed by atoms with E-state index in [9.17, 15) is 9.90 Å². The molecule has 0 aromatic heterocycles. The molecule has 1 atom stereocenters. The summed E-state index contributed by atoms with van der Waals surface area (Å²) in [5.41, 5.74) is 1.73. The molecule has 0 bridgehead atoms. The molecule has 3 N–H and O–H groups in total. The number of hydrogen-bond donors (Lipinski definition) is 3. The van der Waals surface area contributed by atoms with Crippen LogP contribution in [-0.2, 0) is 0 Å². The number of methoxy groups -OCH3 is 1. The van der Waals surface area contributed by atoms with Crippen LogP contribution in [0.3, 0.4) is 0 Å². The van der Waals surface area contributed by atoms with Crippen LogP contribution in [0, 0.1) is 6.92 Å². The molecule has 0 spiro atoms. The Bertz CT molecular complexity index is 522. The first kappa shape index (κ1) is 17.6. The summed E-state index contributed by atoms with van der Waals surface area (Å²) in [6.07, 6.45) is 3.36. The molecule has 2 amide bonds. The monoisotopic (exact) mass is 321 g/mol. The molecule has 1 aliphatic rings. The van der Waals surface area contributed by atoms with Gasteiger partial charge in [-0.25, -0.2) is 4.79 Å². The molecule has 1 fully saturated rings. The van der Waals surface area contributed by atoms with E-state index in [1.54, 1.807) is 13.2 Å². The number of amides is 2. The van der Waals surface area contributed by atoms with Crippen LogP contribution in [0.15, 0.2) is 18.2 Å². The number of nitrogens with zero attached hydrogens (tertiary/aromatic N) is 1. The zero-order valence-corrected chi connectivity index (χ0v) is 14.0. The van der Waals surface area contributed by atoms with Crippen molar-refractivity contribution < 1.29 is 14.6 Å². The lowest BCUT2D eigenvalue weighted by molar-refractivity contribution is 0.0917. The number of rotatable bonds is 6. The van der Waals surface area contributed by atoms with E-state index in [4.69, 9.17) is 4.74 Å². The van der Waals surface area contributed by atoms with E-state index < -0.39 is 0 Å². The first-order valence-corrected chi connectivity index (χ1v) is 8.18. The van der Waals surface area contributed by atoms with Gasteiger partial charge in [0.1, 0.15) is 5.75 Å². The number of aliphatic hydroxyl groups excluding tert-OH is 1. The maximum atomic E-state index is 12.0. The van der Waals surface area contributed by atoms with Gasteiger partial charge in [0.15, 0.2) is 0 Å².